The van der Waals surface area contributed by atoms with E-state index < -0.39 is 11.9 Å². The van der Waals surface area contributed by atoms with Crippen molar-refractivity contribution in [3.05, 3.63) is 16.1 Å². The quantitative estimate of drug-likeness (QED) is 0.814. The van der Waals surface area contributed by atoms with Gasteiger partial charge < -0.3 is 5.73 Å². The molecule has 6 heteroatoms. The van der Waals surface area contributed by atoms with Gasteiger partial charge in [-0.2, -0.15) is 13.2 Å². The minimum absolute atomic E-state index is 0.342. The lowest BCUT2D eigenvalue weighted by atomic mass is 10.2. The van der Waals surface area contributed by atoms with Crippen molar-refractivity contribution < 1.29 is 13.2 Å². The highest BCUT2D eigenvalue weighted by molar-refractivity contribution is 7.09. The van der Waals surface area contributed by atoms with Gasteiger partial charge in [0.05, 0.1) is 6.04 Å². The van der Waals surface area contributed by atoms with Crippen molar-refractivity contribution in [1.82, 2.24) is 4.98 Å². The summed E-state index contributed by atoms with van der Waals surface area (Å²) in [5.74, 6) is 0. The van der Waals surface area contributed by atoms with E-state index in [-0.39, 0.29) is 6.04 Å². The molecule has 1 aromatic rings. The molecule has 1 rings (SSSR count). The predicted molar refractivity (Wildman–Crippen MR) is 44.3 cm³/mol. The van der Waals surface area contributed by atoms with Crippen molar-refractivity contribution in [3.63, 3.8) is 0 Å². The fraction of sp³-hybridized carbons (Fsp3) is 0.571. The second-order valence-corrected chi connectivity index (χ2v) is 3.47. The van der Waals surface area contributed by atoms with E-state index in [1.54, 1.807) is 6.92 Å². The van der Waals surface area contributed by atoms with Gasteiger partial charge in [0, 0.05) is 5.38 Å². The highest BCUT2D eigenvalue weighted by Gasteiger charge is 2.34. The monoisotopic (exact) mass is 210 g/mol. The first-order valence-electron chi connectivity index (χ1n) is 3.73. The third-order valence-electron chi connectivity index (χ3n) is 1.57. The van der Waals surface area contributed by atoms with Crippen LogP contribution in [0.25, 0.3) is 0 Å². The fourth-order valence-corrected chi connectivity index (χ4v) is 1.67. The van der Waals surface area contributed by atoms with Crippen LogP contribution < -0.4 is 5.73 Å². The largest absolute Gasteiger partial charge is 0.434 e. The summed E-state index contributed by atoms with van der Waals surface area (Å²) in [5, 5.41) is 1.33. The molecule has 0 saturated heterocycles. The van der Waals surface area contributed by atoms with Gasteiger partial charge in [0.1, 0.15) is 5.01 Å². The van der Waals surface area contributed by atoms with E-state index in [0.29, 0.717) is 11.4 Å². The molecule has 0 amide bonds. The summed E-state index contributed by atoms with van der Waals surface area (Å²) < 4.78 is 36.2. The van der Waals surface area contributed by atoms with Gasteiger partial charge in [-0.05, 0) is 6.42 Å². The van der Waals surface area contributed by atoms with E-state index >= 15 is 0 Å². The highest BCUT2D eigenvalue weighted by Crippen LogP contribution is 2.31. The summed E-state index contributed by atoms with van der Waals surface area (Å²) in [4.78, 5) is 3.42. The molecule has 2 nitrogen and oxygen atoms in total. The van der Waals surface area contributed by atoms with Crippen LogP contribution in [0.3, 0.4) is 0 Å². The summed E-state index contributed by atoms with van der Waals surface area (Å²) in [6, 6.07) is -0.388. The Morgan fingerprint density at radius 2 is 2.23 bits per heavy atom. The number of hydrogen-bond donors (Lipinski definition) is 1. The van der Waals surface area contributed by atoms with Gasteiger partial charge in [-0.3, -0.25) is 0 Å². The van der Waals surface area contributed by atoms with Crippen LogP contribution in [0.2, 0.25) is 0 Å². The van der Waals surface area contributed by atoms with Crippen molar-refractivity contribution >= 4 is 11.3 Å². The van der Waals surface area contributed by atoms with Gasteiger partial charge in [-0.25, -0.2) is 4.98 Å². The van der Waals surface area contributed by atoms with E-state index in [1.165, 1.54) is 0 Å². The van der Waals surface area contributed by atoms with Crippen LogP contribution in [0.15, 0.2) is 5.38 Å². The Balaban J connectivity index is 2.87. The maximum atomic E-state index is 12.1. The van der Waals surface area contributed by atoms with Gasteiger partial charge in [0.2, 0.25) is 0 Å². The molecule has 0 aliphatic rings. The number of nitrogens with two attached hydrogens (primary N) is 1. The molecule has 0 aliphatic heterocycles. The van der Waals surface area contributed by atoms with E-state index in [9.17, 15) is 13.2 Å². The molecule has 1 atom stereocenters. The van der Waals surface area contributed by atoms with Gasteiger partial charge in [0.15, 0.2) is 5.69 Å². The van der Waals surface area contributed by atoms with Gasteiger partial charge in [0.25, 0.3) is 0 Å². The summed E-state index contributed by atoms with van der Waals surface area (Å²) in [5.41, 5.74) is 4.68. The number of aromatic nitrogens is 1. The lowest BCUT2D eigenvalue weighted by Gasteiger charge is -2.03. The van der Waals surface area contributed by atoms with Crippen molar-refractivity contribution in [2.24, 2.45) is 5.73 Å². The number of thiazole rings is 1. The molecular weight excluding hydrogens is 201 g/mol. The molecule has 0 unspecified atom stereocenters. The third-order valence-corrected chi connectivity index (χ3v) is 2.55. The fourth-order valence-electron chi connectivity index (χ4n) is 0.763. The normalized spacial score (nSPS) is 14.5. The Bertz CT molecular complexity index is 282. The van der Waals surface area contributed by atoms with Crippen molar-refractivity contribution in [3.8, 4) is 0 Å². The van der Waals surface area contributed by atoms with Crippen molar-refractivity contribution in [2.45, 2.75) is 25.6 Å². The standard InChI is InChI=1S/C7H9F3N2S/c1-2-4(11)6-12-5(3-13-6)7(8,9)10/h3-4H,2,11H2,1H3/t4-/m1/s1. The average molecular weight is 210 g/mol. The third kappa shape index (κ3) is 2.41. The zero-order valence-electron chi connectivity index (χ0n) is 6.93. The zero-order chi connectivity index (χ0) is 10.1. The minimum Gasteiger partial charge on any atom is -0.322 e. The Hall–Kier alpha value is -0.620. The van der Waals surface area contributed by atoms with E-state index in [2.05, 4.69) is 4.98 Å². The molecule has 0 spiro atoms. The first-order chi connectivity index (χ1) is 5.95. The van der Waals surface area contributed by atoms with Crippen LogP contribution in [-0.4, -0.2) is 4.98 Å². The Morgan fingerprint density at radius 3 is 2.62 bits per heavy atom. The lowest BCUT2D eigenvalue weighted by Crippen LogP contribution is -2.10. The number of rotatable bonds is 2. The Kier molecular flexibility index (Phi) is 2.92. The van der Waals surface area contributed by atoms with Crippen LogP contribution in [0, 0.1) is 0 Å². The van der Waals surface area contributed by atoms with Gasteiger partial charge >= 0.3 is 6.18 Å². The lowest BCUT2D eigenvalue weighted by molar-refractivity contribution is -0.140. The molecule has 1 heterocycles. The van der Waals surface area contributed by atoms with Gasteiger partial charge in [-0.1, -0.05) is 6.92 Å². The molecule has 2 N–H and O–H groups in total. The SMILES string of the molecule is CC[C@@H](N)c1nc(C(F)(F)F)cs1. The molecule has 0 saturated carbocycles. The summed E-state index contributed by atoms with van der Waals surface area (Å²) in [6.45, 7) is 1.80. The van der Waals surface area contributed by atoms with E-state index in [0.717, 1.165) is 16.7 Å². The first kappa shape index (κ1) is 10.5. The number of alkyl halides is 3. The summed E-state index contributed by atoms with van der Waals surface area (Å²) >= 11 is 0.953. The van der Waals surface area contributed by atoms with Crippen LogP contribution >= 0.6 is 11.3 Å². The van der Waals surface area contributed by atoms with E-state index in [4.69, 9.17) is 5.73 Å². The topological polar surface area (TPSA) is 38.9 Å². The van der Waals surface area contributed by atoms with Crippen LogP contribution in [0.5, 0.6) is 0 Å². The predicted octanol–water partition coefficient (Wildman–Crippen LogP) is 2.57. The Morgan fingerprint density at radius 1 is 1.62 bits per heavy atom. The number of nitrogens with zero attached hydrogens (tertiary/aromatic N) is 1. The molecule has 1 aromatic heterocycles. The molecule has 13 heavy (non-hydrogen) atoms. The number of halogens is 3. The van der Waals surface area contributed by atoms with Crippen LogP contribution in [0.1, 0.15) is 30.1 Å². The molecule has 0 radical (unpaired) electrons. The van der Waals surface area contributed by atoms with Crippen molar-refractivity contribution in [1.29, 1.82) is 0 Å². The summed E-state index contributed by atoms with van der Waals surface area (Å²) in [6.07, 6.45) is -3.77. The average Bonchev–Trinajstić information content (AvgIpc) is 2.50. The molecule has 0 fully saturated rings. The van der Waals surface area contributed by atoms with Crippen molar-refractivity contribution in [2.75, 3.05) is 0 Å². The Labute approximate surface area is 77.6 Å². The molecule has 0 aliphatic carbocycles. The molecule has 0 aromatic carbocycles. The second-order valence-electron chi connectivity index (χ2n) is 2.58. The number of hydrogen-bond acceptors (Lipinski definition) is 3. The zero-order valence-corrected chi connectivity index (χ0v) is 7.75. The van der Waals surface area contributed by atoms with Crippen LogP contribution in [0.4, 0.5) is 13.2 Å². The molecule has 74 valence electrons. The first-order valence-corrected chi connectivity index (χ1v) is 4.61. The maximum Gasteiger partial charge on any atom is 0.434 e. The van der Waals surface area contributed by atoms with Crippen LogP contribution in [-0.2, 0) is 6.18 Å². The van der Waals surface area contributed by atoms with E-state index in [1.807, 2.05) is 0 Å². The minimum atomic E-state index is -4.36. The van der Waals surface area contributed by atoms with Gasteiger partial charge in [-0.15, -0.1) is 11.3 Å². The second kappa shape index (κ2) is 3.63. The smallest absolute Gasteiger partial charge is 0.322 e. The molecular formula is C7H9F3N2S. The molecule has 0 bridgehead atoms. The summed E-state index contributed by atoms with van der Waals surface area (Å²) in [7, 11) is 0. The highest BCUT2D eigenvalue weighted by atomic mass is 32.1. The maximum absolute atomic E-state index is 12.1.